The standard InChI is InChI=1S/C21H23N3O4/c1-3-23-15-17(28-20-11-7-6-10-19(20)23)14-22(2)21(25)13-12-16-8-4-5-9-18(16)24(26)27/h4-13,17H,3,14-15H2,1-2H3/b13-12+/t17-/m1/s1. The second kappa shape index (κ2) is 8.56. The second-order valence-electron chi connectivity index (χ2n) is 6.61. The monoisotopic (exact) mass is 381 g/mol. The average molecular weight is 381 g/mol. The molecule has 3 rings (SSSR count). The fraction of sp³-hybridized carbons (Fsp3) is 0.286. The molecule has 1 aliphatic heterocycles. The fourth-order valence-electron chi connectivity index (χ4n) is 3.25. The molecule has 0 radical (unpaired) electrons. The van der Waals surface area contributed by atoms with E-state index < -0.39 is 4.92 Å². The van der Waals surface area contributed by atoms with Crippen LogP contribution in [0.1, 0.15) is 12.5 Å². The van der Waals surface area contributed by atoms with E-state index in [-0.39, 0.29) is 17.7 Å². The van der Waals surface area contributed by atoms with E-state index in [4.69, 9.17) is 4.74 Å². The van der Waals surface area contributed by atoms with Crippen molar-refractivity contribution in [2.24, 2.45) is 0 Å². The number of para-hydroxylation sites is 3. The van der Waals surface area contributed by atoms with Crippen molar-refractivity contribution < 1.29 is 14.5 Å². The summed E-state index contributed by atoms with van der Waals surface area (Å²) in [5.74, 6) is 0.584. The molecule has 0 aliphatic carbocycles. The van der Waals surface area contributed by atoms with E-state index in [0.717, 1.165) is 18.0 Å². The molecule has 0 spiro atoms. The minimum absolute atomic E-state index is 0.0278. The summed E-state index contributed by atoms with van der Waals surface area (Å²) < 4.78 is 6.05. The van der Waals surface area contributed by atoms with Gasteiger partial charge in [0.2, 0.25) is 5.91 Å². The van der Waals surface area contributed by atoms with E-state index in [9.17, 15) is 14.9 Å². The first-order chi connectivity index (χ1) is 13.5. The molecule has 0 unspecified atom stereocenters. The van der Waals surface area contributed by atoms with E-state index in [1.54, 1.807) is 30.1 Å². The zero-order valence-electron chi connectivity index (χ0n) is 15.9. The van der Waals surface area contributed by atoms with Crippen LogP contribution in [0.2, 0.25) is 0 Å². The number of nitrogens with zero attached hydrogens (tertiary/aromatic N) is 3. The number of likely N-dealkylation sites (N-methyl/N-ethyl adjacent to an activating group) is 2. The van der Waals surface area contributed by atoms with Crippen molar-refractivity contribution in [3.63, 3.8) is 0 Å². The van der Waals surface area contributed by atoms with Gasteiger partial charge in [0.1, 0.15) is 11.9 Å². The Hall–Kier alpha value is -3.35. The highest BCUT2D eigenvalue weighted by Crippen LogP contribution is 2.32. The topological polar surface area (TPSA) is 75.9 Å². The summed E-state index contributed by atoms with van der Waals surface area (Å²) in [4.78, 5) is 26.9. The minimum atomic E-state index is -0.458. The van der Waals surface area contributed by atoms with Crippen LogP contribution in [0, 0.1) is 10.1 Å². The maximum atomic E-state index is 12.5. The number of ether oxygens (including phenoxy) is 1. The van der Waals surface area contributed by atoms with Gasteiger partial charge in [-0.3, -0.25) is 14.9 Å². The largest absolute Gasteiger partial charge is 0.485 e. The molecule has 1 heterocycles. The van der Waals surface area contributed by atoms with Gasteiger partial charge in [-0.2, -0.15) is 0 Å². The lowest BCUT2D eigenvalue weighted by Gasteiger charge is -2.37. The van der Waals surface area contributed by atoms with Gasteiger partial charge in [0, 0.05) is 25.7 Å². The van der Waals surface area contributed by atoms with E-state index in [1.807, 2.05) is 24.3 Å². The molecule has 1 aliphatic rings. The molecule has 1 atom stereocenters. The molecule has 7 heteroatoms. The van der Waals surface area contributed by atoms with Crippen LogP contribution in [0.25, 0.3) is 6.08 Å². The molecule has 0 saturated carbocycles. The van der Waals surface area contributed by atoms with Crippen LogP contribution < -0.4 is 9.64 Å². The number of hydrogen-bond acceptors (Lipinski definition) is 5. The molecule has 0 aromatic heterocycles. The van der Waals surface area contributed by atoms with Crippen LogP contribution >= 0.6 is 0 Å². The quantitative estimate of drug-likeness (QED) is 0.436. The third kappa shape index (κ3) is 4.31. The third-order valence-electron chi connectivity index (χ3n) is 4.70. The Bertz CT molecular complexity index is 897. The zero-order chi connectivity index (χ0) is 20.1. The van der Waals surface area contributed by atoms with Gasteiger partial charge >= 0.3 is 0 Å². The maximum Gasteiger partial charge on any atom is 0.276 e. The molecular weight excluding hydrogens is 358 g/mol. The summed E-state index contributed by atoms with van der Waals surface area (Å²) >= 11 is 0. The number of nitro benzene ring substituents is 1. The summed E-state index contributed by atoms with van der Waals surface area (Å²) in [7, 11) is 1.70. The third-order valence-corrected chi connectivity index (χ3v) is 4.70. The lowest BCUT2D eigenvalue weighted by Crippen LogP contribution is -2.46. The molecule has 7 nitrogen and oxygen atoms in total. The Morgan fingerprint density at radius 3 is 2.75 bits per heavy atom. The SMILES string of the molecule is CCN1C[C@@H](CN(C)C(=O)/C=C/c2ccccc2[N+](=O)[O-])Oc2ccccc21. The fourth-order valence-corrected chi connectivity index (χ4v) is 3.25. The number of anilines is 1. The van der Waals surface area contributed by atoms with Crippen LogP contribution in [0.15, 0.2) is 54.6 Å². The zero-order valence-corrected chi connectivity index (χ0v) is 15.9. The molecule has 2 aromatic rings. The summed E-state index contributed by atoms with van der Waals surface area (Å²) in [6, 6.07) is 14.2. The highest BCUT2D eigenvalue weighted by Gasteiger charge is 2.26. The van der Waals surface area contributed by atoms with Crippen LogP contribution in [0.4, 0.5) is 11.4 Å². The maximum absolute atomic E-state index is 12.5. The summed E-state index contributed by atoms with van der Waals surface area (Å²) in [6.07, 6.45) is 2.69. The van der Waals surface area contributed by atoms with Crippen molar-refractivity contribution in [3.8, 4) is 5.75 Å². The number of carbonyl (C=O) groups is 1. The van der Waals surface area contributed by atoms with Gasteiger partial charge in [-0.1, -0.05) is 24.3 Å². The smallest absolute Gasteiger partial charge is 0.276 e. The number of hydrogen-bond donors (Lipinski definition) is 0. The number of amides is 1. The highest BCUT2D eigenvalue weighted by atomic mass is 16.6. The normalized spacial score (nSPS) is 15.8. The highest BCUT2D eigenvalue weighted by molar-refractivity contribution is 5.92. The Balaban J connectivity index is 1.66. The van der Waals surface area contributed by atoms with Gasteiger partial charge in [0.25, 0.3) is 5.69 Å². The Morgan fingerprint density at radius 1 is 1.29 bits per heavy atom. The Kier molecular flexibility index (Phi) is 5.93. The van der Waals surface area contributed by atoms with Crippen molar-refractivity contribution in [2.45, 2.75) is 13.0 Å². The number of nitro groups is 1. The molecule has 0 N–H and O–H groups in total. The van der Waals surface area contributed by atoms with Crippen molar-refractivity contribution in [1.82, 2.24) is 4.90 Å². The predicted octanol–water partition coefficient (Wildman–Crippen LogP) is 3.35. The van der Waals surface area contributed by atoms with Crippen LogP contribution in [0.3, 0.4) is 0 Å². The minimum Gasteiger partial charge on any atom is -0.485 e. The molecule has 28 heavy (non-hydrogen) atoms. The molecule has 1 amide bonds. The molecule has 0 saturated heterocycles. The Morgan fingerprint density at radius 2 is 2.00 bits per heavy atom. The van der Waals surface area contributed by atoms with Crippen molar-refractivity contribution in [1.29, 1.82) is 0 Å². The first-order valence-corrected chi connectivity index (χ1v) is 9.16. The predicted molar refractivity (Wildman–Crippen MR) is 109 cm³/mol. The number of carbonyl (C=O) groups excluding carboxylic acids is 1. The van der Waals surface area contributed by atoms with E-state index in [0.29, 0.717) is 18.7 Å². The van der Waals surface area contributed by atoms with Crippen LogP contribution in [0.5, 0.6) is 5.75 Å². The van der Waals surface area contributed by atoms with E-state index in [1.165, 1.54) is 18.2 Å². The lowest BCUT2D eigenvalue weighted by molar-refractivity contribution is -0.385. The van der Waals surface area contributed by atoms with Gasteiger partial charge in [-0.15, -0.1) is 0 Å². The van der Waals surface area contributed by atoms with Crippen molar-refractivity contribution >= 4 is 23.4 Å². The first-order valence-electron chi connectivity index (χ1n) is 9.16. The average Bonchev–Trinajstić information content (AvgIpc) is 2.71. The number of benzene rings is 2. The van der Waals surface area contributed by atoms with Gasteiger partial charge in [0.15, 0.2) is 0 Å². The number of fused-ring (bicyclic) bond motifs is 1. The summed E-state index contributed by atoms with van der Waals surface area (Å²) in [5.41, 5.74) is 1.43. The van der Waals surface area contributed by atoms with Crippen molar-refractivity contribution in [2.75, 3.05) is 31.6 Å². The summed E-state index contributed by atoms with van der Waals surface area (Å²) in [6.45, 7) is 4.06. The first kappa shape index (κ1) is 19.4. The van der Waals surface area contributed by atoms with E-state index in [2.05, 4.69) is 11.8 Å². The van der Waals surface area contributed by atoms with Crippen molar-refractivity contribution in [3.05, 3.63) is 70.3 Å². The van der Waals surface area contributed by atoms with Gasteiger partial charge < -0.3 is 14.5 Å². The van der Waals surface area contributed by atoms with Gasteiger partial charge in [-0.25, -0.2) is 0 Å². The number of rotatable bonds is 6. The van der Waals surface area contributed by atoms with Crippen LogP contribution in [-0.4, -0.2) is 48.5 Å². The molecule has 0 fully saturated rings. The second-order valence-corrected chi connectivity index (χ2v) is 6.61. The molecule has 0 bridgehead atoms. The summed E-state index contributed by atoms with van der Waals surface area (Å²) in [5, 5.41) is 11.1. The van der Waals surface area contributed by atoms with Gasteiger partial charge in [-0.05, 0) is 31.2 Å². The van der Waals surface area contributed by atoms with E-state index >= 15 is 0 Å². The molecule has 2 aromatic carbocycles. The van der Waals surface area contributed by atoms with Gasteiger partial charge in [0.05, 0.1) is 29.3 Å². The lowest BCUT2D eigenvalue weighted by atomic mass is 10.1. The Labute approximate surface area is 164 Å². The van der Waals surface area contributed by atoms with Crippen LogP contribution in [-0.2, 0) is 4.79 Å². The molecular formula is C21H23N3O4. The molecule has 146 valence electrons.